The SMILES string of the molecule is CCCCCCCC/C=C\CCCCCCC(O)CN(CCCC(=O)OCCN1CCN(CCSSCCCCN(CC(O)CCCCCCCCCC)CC(O)CCCCCCCCCC)CC1)CC(O)CCCCCC/C=C\CCCCCCCC. The molecular weight excluding hydrogens is 1130 g/mol. The zero-order chi connectivity index (χ0) is 63.7. The fourth-order valence-corrected chi connectivity index (χ4v) is 14.6. The van der Waals surface area contributed by atoms with E-state index in [0.29, 0.717) is 52.2 Å². The van der Waals surface area contributed by atoms with Crippen LogP contribution in [-0.4, -0.2) is 167 Å². The van der Waals surface area contributed by atoms with Gasteiger partial charge in [0, 0.05) is 83.4 Å². The van der Waals surface area contributed by atoms with Gasteiger partial charge >= 0.3 is 5.97 Å². The first-order valence-electron chi connectivity index (χ1n) is 38.5. The van der Waals surface area contributed by atoms with Crippen LogP contribution in [0.1, 0.15) is 336 Å². The topological polar surface area (TPSA) is 120 Å². The monoisotopic (exact) mass is 1280 g/mol. The van der Waals surface area contributed by atoms with Crippen molar-refractivity contribution < 1.29 is 30.0 Å². The minimum atomic E-state index is -0.427. The van der Waals surface area contributed by atoms with Crippen molar-refractivity contribution in [3.05, 3.63) is 24.3 Å². The van der Waals surface area contributed by atoms with Gasteiger partial charge in [0.25, 0.3) is 0 Å². The van der Waals surface area contributed by atoms with E-state index in [4.69, 9.17) is 4.74 Å². The van der Waals surface area contributed by atoms with Crippen LogP contribution in [0.5, 0.6) is 0 Å². The standard InChI is InChI=1S/C76H150N4O6S2/c1-5-9-13-17-21-25-27-29-31-33-35-39-43-47-54-74(83)70-80(71-75(84)55-48-44-40-36-34-32-30-28-26-22-18-14-10-6-2)58-51-56-76(85)86-65-63-77-59-61-78(62-60-77)64-67-88-87-66-50-49-57-79(68-72(81)52-45-41-37-23-19-15-11-7-3)69-73(82)53-46-42-38-24-20-16-12-8-4/h29-32,72-75,81-84H,5-28,33-71H2,1-4H3/b31-29-,32-30-. The van der Waals surface area contributed by atoms with Gasteiger partial charge in [-0.3, -0.25) is 24.4 Å². The molecule has 1 aliphatic heterocycles. The first-order valence-corrected chi connectivity index (χ1v) is 41.0. The number of nitrogens with zero attached hydrogens (tertiary/aromatic N) is 4. The lowest BCUT2D eigenvalue weighted by molar-refractivity contribution is -0.144. The van der Waals surface area contributed by atoms with Crippen molar-refractivity contribution >= 4 is 27.6 Å². The zero-order valence-corrected chi connectivity index (χ0v) is 60.5. The van der Waals surface area contributed by atoms with Crippen molar-refractivity contribution in [1.82, 2.24) is 19.6 Å². The highest BCUT2D eigenvalue weighted by molar-refractivity contribution is 8.76. The lowest BCUT2D eigenvalue weighted by Gasteiger charge is -2.34. The Hall–Kier alpha value is -0.670. The van der Waals surface area contributed by atoms with E-state index in [-0.39, 0.29) is 18.2 Å². The second-order valence-electron chi connectivity index (χ2n) is 27.1. The number of esters is 1. The molecule has 0 aliphatic carbocycles. The second-order valence-corrected chi connectivity index (χ2v) is 29.8. The Morgan fingerprint density at radius 1 is 0.375 bits per heavy atom. The summed E-state index contributed by atoms with van der Waals surface area (Å²) < 4.78 is 5.77. The number of carbonyl (C=O) groups excluding carboxylic acids is 1. The molecule has 12 heteroatoms. The molecule has 0 amide bonds. The molecule has 4 atom stereocenters. The zero-order valence-electron chi connectivity index (χ0n) is 58.9. The predicted molar refractivity (Wildman–Crippen MR) is 388 cm³/mol. The lowest BCUT2D eigenvalue weighted by atomic mass is 10.0. The first kappa shape index (κ1) is 85.3. The van der Waals surface area contributed by atoms with E-state index in [1.165, 1.54) is 205 Å². The maximum absolute atomic E-state index is 13.0. The molecule has 4 unspecified atom stereocenters. The molecule has 1 heterocycles. The van der Waals surface area contributed by atoms with Gasteiger partial charge in [-0.1, -0.05) is 279 Å². The quantitative estimate of drug-likeness (QED) is 0.0201. The van der Waals surface area contributed by atoms with Crippen LogP contribution in [0.25, 0.3) is 0 Å². The molecule has 88 heavy (non-hydrogen) atoms. The van der Waals surface area contributed by atoms with Crippen LogP contribution in [-0.2, 0) is 9.53 Å². The van der Waals surface area contributed by atoms with Gasteiger partial charge in [0.05, 0.1) is 24.4 Å². The summed E-state index contributed by atoms with van der Waals surface area (Å²) in [6, 6.07) is 0. The third-order valence-electron chi connectivity index (χ3n) is 18.3. The molecule has 10 nitrogen and oxygen atoms in total. The number of allylic oxidation sites excluding steroid dienone is 4. The Morgan fingerprint density at radius 3 is 1.02 bits per heavy atom. The minimum Gasteiger partial charge on any atom is -0.464 e. The van der Waals surface area contributed by atoms with Crippen molar-refractivity contribution in [2.75, 3.05) is 96.6 Å². The average Bonchev–Trinajstić information content (AvgIpc) is 3.65. The number of hydrogen-bond acceptors (Lipinski definition) is 12. The number of hydrogen-bond donors (Lipinski definition) is 4. The molecule has 0 aromatic carbocycles. The largest absolute Gasteiger partial charge is 0.464 e. The van der Waals surface area contributed by atoms with Crippen LogP contribution in [0, 0.1) is 0 Å². The molecule has 0 aromatic heterocycles. The Morgan fingerprint density at radius 2 is 0.670 bits per heavy atom. The highest BCUT2D eigenvalue weighted by atomic mass is 33.1. The Balaban J connectivity index is 2.40. The Kier molecular flexibility index (Phi) is 65.7. The van der Waals surface area contributed by atoms with Crippen LogP contribution in [0.4, 0.5) is 0 Å². The number of ether oxygens (including phenoxy) is 1. The first-order chi connectivity index (χ1) is 43.2. The van der Waals surface area contributed by atoms with Crippen LogP contribution in [0.3, 0.4) is 0 Å². The molecule has 1 fully saturated rings. The van der Waals surface area contributed by atoms with Gasteiger partial charge in [-0.25, -0.2) is 0 Å². The van der Waals surface area contributed by atoms with E-state index in [9.17, 15) is 25.2 Å². The van der Waals surface area contributed by atoms with Crippen molar-refractivity contribution in [1.29, 1.82) is 0 Å². The summed E-state index contributed by atoms with van der Waals surface area (Å²) in [5, 5.41) is 44.4. The lowest BCUT2D eigenvalue weighted by Crippen LogP contribution is -2.47. The molecule has 1 saturated heterocycles. The molecule has 1 aliphatic rings. The van der Waals surface area contributed by atoms with Crippen molar-refractivity contribution in [2.45, 2.75) is 360 Å². The van der Waals surface area contributed by atoms with Crippen LogP contribution in [0.2, 0.25) is 0 Å². The summed E-state index contributed by atoms with van der Waals surface area (Å²) >= 11 is 0. The molecule has 0 saturated carbocycles. The molecule has 0 bridgehead atoms. The van der Waals surface area contributed by atoms with Gasteiger partial charge in [-0.2, -0.15) is 0 Å². The number of carbonyl (C=O) groups is 1. The molecular formula is C76H150N4O6S2. The summed E-state index contributed by atoms with van der Waals surface area (Å²) in [7, 11) is 3.99. The van der Waals surface area contributed by atoms with Crippen LogP contribution < -0.4 is 0 Å². The molecule has 0 radical (unpaired) electrons. The third-order valence-corrected chi connectivity index (χ3v) is 20.7. The molecule has 1 rings (SSSR count). The summed E-state index contributed by atoms with van der Waals surface area (Å²) in [5.74, 6) is 2.11. The second kappa shape index (κ2) is 67.7. The van der Waals surface area contributed by atoms with E-state index in [0.717, 1.165) is 147 Å². The summed E-state index contributed by atoms with van der Waals surface area (Å²) in [6.07, 6.45) is 65.3. The van der Waals surface area contributed by atoms with Crippen LogP contribution >= 0.6 is 21.6 Å². The van der Waals surface area contributed by atoms with Crippen LogP contribution in [0.15, 0.2) is 24.3 Å². The van der Waals surface area contributed by atoms with Gasteiger partial charge in [0.2, 0.25) is 0 Å². The highest BCUT2D eigenvalue weighted by Crippen LogP contribution is 2.24. The summed E-state index contributed by atoms with van der Waals surface area (Å²) in [5.41, 5.74) is 0. The van der Waals surface area contributed by atoms with Crippen molar-refractivity contribution in [3.63, 3.8) is 0 Å². The van der Waals surface area contributed by atoms with Crippen molar-refractivity contribution in [3.8, 4) is 0 Å². The van der Waals surface area contributed by atoms with Gasteiger partial charge < -0.3 is 25.2 Å². The number of aliphatic hydroxyl groups is 4. The summed E-state index contributed by atoms with van der Waals surface area (Å²) in [4.78, 5) is 22.5. The average molecular weight is 1280 g/mol. The fraction of sp³-hybridized carbons (Fsp3) is 0.934. The smallest absolute Gasteiger partial charge is 0.305 e. The Labute approximate surface area is 555 Å². The van der Waals surface area contributed by atoms with Crippen molar-refractivity contribution in [2.24, 2.45) is 0 Å². The Bertz CT molecular complexity index is 1400. The van der Waals surface area contributed by atoms with Gasteiger partial charge in [0.1, 0.15) is 6.61 Å². The number of rotatable bonds is 70. The molecule has 4 N–H and O–H groups in total. The molecule has 0 aromatic rings. The fourth-order valence-electron chi connectivity index (χ4n) is 12.5. The van der Waals surface area contributed by atoms with E-state index >= 15 is 0 Å². The minimum absolute atomic E-state index is 0.146. The van der Waals surface area contributed by atoms with Gasteiger partial charge in [0.15, 0.2) is 0 Å². The number of unbranched alkanes of at least 4 members (excludes halogenated alkanes) is 35. The van der Waals surface area contributed by atoms with Gasteiger partial charge in [-0.05, 0) is 109 Å². The third kappa shape index (κ3) is 60.3. The predicted octanol–water partition coefficient (Wildman–Crippen LogP) is 19.5. The maximum Gasteiger partial charge on any atom is 0.305 e. The highest BCUT2D eigenvalue weighted by Gasteiger charge is 2.20. The van der Waals surface area contributed by atoms with E-state index in [1.807, 2.05) is 21.6 Å². The molecule has 522 valence electrons. The maximum atomic E-state index is 13.0. The summed E-state index contributed by atoms with van der Waals surface area (Å²) in [6.45, 7) is 19.6. The number of piperazine rings is 1. The van der Waals surface area contributed by atoms with E-state index in [1.54, 1.807) is 0 Å². The van der Waals surface area contributed by atoms with E-state index < -0.39 is 12.2 Å². The normalized spacial score (nSPS) is 15.0. The van der Waals surface area contributed by atoms with Gasteiger partial charge in [-0.15, -0.1) is 0 Å². The molecule has 0 spiro atoms. The van der Waals surface area contributed by atoms with E-state index in [2.05, 4.69) is 71.6 Å². The number of aliphatic hydroxyl groups excluding tert-OH is 4.